The summed E-state index contributed by atoms with van der Waals surface area (Å²) in [5, 5.41) is 0. The molecule has 0 aliphatic heterocycles. The largest absolute Gasteiger partial charge is 0.463 e. The Balaban J connectivity index is 3.71. The summed E-state index contributed by atoms with van der Waals surface area (Å²) in [7, 11) is -3.32. The molecule has 0 aromatic heterocycles. The molecule has 0 N–H and O–H groups in total. The molecule has 2 unspecified atom stereocenters. The highest BCUT2D eigenvalue weighted by molar-refractivity contribution is 6.70. The van der Waals surface area contributed by atoms with Crippen LogP contribution in [0.25, 0.3) is 0 Å². The predicted octanol–water partition coefficient (Wildman–Crippen LogP) is 8.72. The van der Waals surface area contributed by atoms with Gasteiger partial charge in [-0.3, -0.25) is 4.79 Å². The number of unbranched alkanes of at least 4 members (excludes halogenated alkanes) is 9. The molecule has 0 saturated heterocycles. The molecule has 0 bridgehead atoms. The second kappa shape index (κ2) is 19.1. The number of ether oxygens (including phenoxy) is 1. The topological polar surface area (TPSA) is 44.8 Å². The molecule has 4 nitrogen and oxygen atoms in total. The lowest BCUT2D eigenvalue weighted by Crippen LogP contribution is -2.40. The van der Waals surface area contributed by atoms with Crippen molar-refractivity contribution in [2.45, 2.75) is 149 Å². The van der Waals surface area contributed by atoms with E-state index in [-0.39, 0.29) is 12.1 Å². The van der Waals surface area contributed by atoms with Gasteiger partial charge in [0.05, 0.1) is 6.61 Å². The standard InChI is InChI=1S/C27H58O4Si2/c1-9-20-25(2)21-18-16-14-12-10-11-13-15-17-19-22-27(28)29-23-26(31-33(6,7)8)24-30-32(3,4)5/h25-26H,9-24H2,1-8H3. The summed E-state index contributed by atoms with van der Waals surface area (Å²) in [5.41, 5.74) is 0. The number of carbonyl (C=O) groups is 1. The molecular weight excluding hydrogens is 444 g/mol. The number of rotatable bonds is 22. The Morgan fingerprint density at radius 2 is 1.21 bits per heavy atom. The van der Waals surface area contributed by atoms with Gasteiger partial charge in [0.1, 0.15) is 12.7 Å². The van der Waals surface area contributed by atoms with Crippen molar-refractivity contribution in [3.63, 3.8) is 0 Å². The van der Waals surface area contributed by atoms with E-state index in [1.165, 1.54) is 70.6 Å². The van der Waals surface area contributed by atoms with E-state index in [0.29, 0.717) is 19.6 Å². The average Bonchev–Trinajstić information content (AvgIpc) is 2.69. The summed E-state index contributed by atoms with van der Waals surface area (Å²) < 4.78 is 17.7. The SMILES string of the molecule is CCCC(C)CCCCCCCCCCCCC(=O)OCC(CO[Si](C)(C)C)O[Si](C)(C)C. The lowest BCUT2D eigenvalue weighted by molar-refractivity contribution is -0.146. The smallest absolute Gasteiger partial charge is 0.305 e. The van der Waals surface area contributed by atoms with Crippen molar-refractivity contribution in [1.29, 1.82) is 0 Å². The Labute approximate surface area is 209 Å². The van der Waals surface area contributed by atoms with Gasteiger partial charge in [-0.1, -0.05) is 90.9 Å². The molecule has 198 valence electrons. The molecule has 0 amide bonds. The Bertz CT molecular complexity index is 472. The van der Waals surface area contributed by atoms with Gasteiger partial charge in [0.25, 0.3) is 0 Å². The fourth-order valence-electron chi connectivity index (χ4n) is 4.03. The fourth-order valence-corrected chi connectivity index (χ4v) is 5.85. The van der Waals surface area contributed by atoms with Crippen molar-refractivity contribution in [2.75, 3.05) is 13.2 Å². The van der Waals surface area contributed by atoms with Gasteiger partial charge < -0.3 is 13.6 Å². The molecule has 0 saturated carbocycles. The van der Waals surface area contributed by atoms with Crippen LogP contribution in [0.15, 0.2) is 0 Å². The second-order valence-electron chi connectivity index (χ2n) is 11.9. The zero-order valence-corrected chi connectivity index (χ0v) is 25.6. The molecule has 0 aromatic carbocycles. The van der Waals surface area contributed by atoms with Gasteiger partial charge >= 0.3 is 5.97 Å². The van der Waals surface area contributed by atoms with E-state index in [9.17, 15) is 4.79 Å². The van der Waals surface area contributed by atoms with E-state index in [1.807, 2.05) is 0 Å². The Morgan fingerprint density at radius 3 is 1.70 bits per heavy atom. The molecule has 0 aliphatic carbocycles. The summed E-state index contributed by atoms with van der Waals surface area (Å²) >= 11 is 0. The van der Waals surface area contributed by atoms with Crippen molar-refractivity contribution in [2.24, 2.45) is 5.92 Å². The van der Waals surface area contributed by atoms with Crippen LogP contribution >= 0.6 is 0 Å². The Morgan fingerprint density at radius 1 is 0.697 bits per heavy atom. The predicted molar refractivity (Wildman–Crippen MR) is 148 cm³/mol. The molecule has 0 aromatic rings. The normalized spacial score (nSPS) is 14.3. The first-order valence-corrected chi connectivity index (χ1v) is 20.7. The van der Waals surface area contributed by atoms with E-state index in [4.69, 9.17) is 13.6 Å². The van der Waals surface area contributed by atoms with E-state index in [2.05, 4.69) is 53.1 Å². The molecular formula is C27H58O4Si2. The Kier molecular flexibility index (Phi) is 19.0. The molecule has 2 atom stereocenters. The van der Waals surface area contributed by atoms with Crippen molar-refractivity contribution in [3.05, 3.63) is 0 Å². The van der Waals surface area contributed by atoms with Crippen LogP contribution in [0.4, 0.5) is 0 Å². The third-order valence-corrected chi connectivity index (χ3v) is 7.84. The van der Waals surface area contributed by atoms with Crippen LogP contribution in [0.1, 0.15) is 104 Å². The highest BCUT2D eigenvalue weighted by Gasteiger charge is 2.25. The third kappa shape index (κ3) is 24.7. The quantitative estimate of drug-likeness (QED) is 0.0843. The minimum atomic E-state index is -1.71. The maximum absolute atomic E-state index is 12.2. The van der Waals surface area contributed by atoms with Gasteiger partial charge in [-0.15, -0.1) is 0 Å². The number of carbonyl (C=O) groups excluding carboxylic acids is 1. The van der Waals surface area contributed by atoms with Crippen LogP contribution in [0, 0.1) is 5.92 Å². The lowest BCUT2D eigenvalue weighted by Gasteiger charge is -2.28. The second-order valence-corrected chi connectivity index (χ2v) is 20.9. The van der Waals surface area contributed by atoms with Crippen LogP contribution in [-0.4, -0.2) is 41.9 Å². The van der Waals surface area contributed by atoms with Crippen LogP contribution in [0.2, 0.25) is 39.3 Å². The maximum atomic E-state index is 12.2. The molecule has 6 heteroatoms. The van der Waals surface area contributed by atoms with Crippen molar-refractivity contribution in [1.82, 2.24) is 0 Å². The van der Waals surface area contributed by atoms with Gasteiger partial charge in [0, 0.05) is 6.42 Å². The zero-order chi connectivity index (χ0) is 25.2. The summed E-state index contributed by atoms with van der Waals surface area (Å²) in [5.74, 6) is 0.816. The Hall–Kier alpha value is -0.176. The number of esters is 1. The molecule has 0 spiro atoms. The van der Waals surface area contributed by atoms with Gasteiger partial charge in [-0.05, 0) is 51.6 Å². The lowest BCUT2D eigenvalue weighted by atomic mass is 9.98. The first kappa shape index (κ1) is 32.8. The van der Waals surface area contributed by atoms with E-state index in [0.717, 1.165) is 18.8 Å². The summed E-state index contributed by atoms with van der Waals surface area (Å²) in [6, 6.07) is 0. The summed E-state index contributed by atoms with van der Waals surface area (Å²) in [4.78, 5) is 12.2. The van der Waals surface area contributed by atoms with Gasteiger partial charge in [0.15, 0.2) is 16.6 Å². The molecule has 0 heterocycles. The molecule has 0 fully saturated rings. The van der Waals surface area contributed by atoms with Crippen LogP contribution < -0.4 is 0 Å². The van der Waals surface area contributed by atoms with Crippen molar-refractivity contribution in [3.8, 4) is 0 Å². The van der Waals surface area contributed by atoms with Crippen molar-refractivity contribution < 1.29 is 18.4 Å². The van der Waals surface area contributed by atoms with E-state index >= 15 is 0 Å². The van der Waals surface area contributed by atoms with Crippen LogP contribution in [0.3, 0.4) is 0 Å². The molecule has 0 aliphatic rings. The zero-order valence-electron chi connectivity index (χ0n) is 23.6. The first-order chi connectivity index (χ1) is 15.4. The minimum Gasteiger partial charge on any atom is -0.463 e. The maximum Gasteiger partial charge on any atom is 0.305 e. The molecule has 0 radical (unpaired) electrons. The monoisotopic (exact) mass is 502 g/mol. The highest BCUT2D eigenvalue weighted by Crippen LogP contribution is 2.17. The van der Waals surface area contributed by atoms with Crippen molar-refractivity contribution >= 4 is 22.6 Å². The number of hydrogen-bond donors (Lipinski definition) is 0. The first-order valence-electron chi connectivity index (χ1n) is 13.9. The van der Waals surface area contributed by atoms with E-state index < -0.39 is 16.6 Å². The highest BCUT2D eigenvalue weighted by atomic mass is 28.4. The van der Waals surface area contributed by atoms with Crippen LogP contribution in [0.5, 0.6) is 0 Å². The molecule has 0 rings (SSSR count). The number of hydrogen-bond acceptors (Lipinski definition) is 4. The van der Waals surface area contributed by atoms with Gasteiger partial charge in [0.2, 0.25) is 0 Å². The minimum absolute atomic E-state index is 0.0968. The van der Waals surface area contributed by atoms with E-state index in [1.54, 1.807) is 0 Å². The third-order valence-electron chi connectivity index (χ3n) is 5.76. The molecule has 33 heavy (non-hydrogen) atoms. The summed E-state index contributed by atoms with van der Waals surface area (Å²) in [6.45, 7) is 18.5. The van der Waals surface area contributed by atoms with Gasteiger partial charge in [-0.2, -0.15) is 0 Å². The summed E-state index contributed by atoms with van der Waals surface area (Å²) in [6.07, 6.45) is 17.4. The fraction of sp³-hybridized carbons (Fsp3) is 0.963. The van der Waals surface area contributed by atoms with Crippen LogP contribution in [-0.2, 0) is 18.4 Å². The van der Waals surface area contributed by atoms with Gasteiger partial charge in [-0.25, -0.2) is 0 Å². The average molecular weight is 503 g/mol.